The van der Waals surface area contributed by atoms with Crippen LogP contribution in [0.25, 0.3) is 0 Å². The maximum atomic E-state index is 4.30. The van der Waals surface area contributed by atoms with E-state index < -0.39 is 0 Å². The van der Waals surface area contributed by atoms with Crippen LogP contribution in [0, 0.1) is 11.8 Å². The number of nitrogens with one attached hydrogen (secondary N) is 2. The molecule has 0 spiro atoms. The molecule has 0 aromatic rings. The van der Waals surface area contributed by atoms with E-state index in [2.05, 4.69) is 41.4 Å². The van der Waals surface area contributed by atoms with Gasteiger partial charge in [0.25, 0.3) is 0 Å². The average Bonchev–Trinajstić information content (AvgIpc) is 2.43. The highest BCUT2D eigenvalue weighted by atomic mass is 127. The van der Waals surface area contributed by atoms with Crippen LogP contribution in [-0.2, 0) is 0 Å². The molecule has 1 fully saturated rings. The van der Waals surface area contributed by atoms with Crippen molar-refractivity contribution in [3.63, 3.8) is 0 Å². The van der Waals surface area contributed by atoms with Gasteiger partial charge in [-0.15, -0.1) is 24.0 Å². The van der Waals surface area contributed by atoms with Crippen molar-refractivity contribution in [2.45, 2.75) is 46.0 Å². The third-order valence-corrected chi connectivity index (χ3v) is 4.12. The number of unbranched alkanes of at least 4 members (excludes halogenated alkanes) is 1. The topological polar surface area (TPSA) is 39.7 Å². The highest BCUT2D eigenvalue weighted by Gasteiger charge is 2.16. The number of piperidine rings is 1. The van der Waals surface area contributed by atoms with Crippen LogP contribution in [0.2, 0.25) is 0 Å². The summed E-state index contributed by atoms with van der Waals surface area (Å²) in [6.45, 7) is 9.12. The van der Waals surface area contributed by atoms with E-state index in [9.17, 15) is 0 Å². The monoisotopic (exact) mass is 410 g/mol. The summed E-state index contributed by atoms with van der Waals surface area (Å²) in [5, 5.41) is 6.89. The number of halogens is 1. The fourth-order valence-electron chi connectivity index (χ4n) is 2.61. The third kappa shape index (κ3) is 10.3. The molecule has 0 aliphatic carbocycles. The van der Waals surface area contributed by atoms with Gasteiger partial charge in [0.15, 0.2) is 5.96 Å². The molecule has 0 unspecified atom stereocenters. The highest BCUT2D eigenvalue weighted by Crippen LogP contribution is 2.14. The Morgan fingerprint density at radius 3 is 2.43 bits per heavy atom. The zero-order valence-corrected chi connectivity index (χ0v) is 16.7. The molecule has 0 aromatic heterocycles. The van der Waals surface area contributed by atoms with Gasteiger partial charge in [-0.2, -0.15) is 0 Å². The van der Waals surface area contributed by atoms with Crippen LogP contribution in [0.4, 0.5) is 0 Å². The lowest BCUT2D eigenvalue weighted by Crippen LogP contribution is -2.42. The zero-order chi connectivity index (χ0) is 14.8. The van der Waals surface area contributed by atoms with Crippen molar-refractivity contribution in [3.8, 4) is 0 Å². The molecule has 2 N–H and O–H groups in total. The van der Waals surface area contributed by atoms with Crippen molar-refractivity contribution in [3.05, 3.63) is 0 Å². The Kier molecular flexibility index (Phi) is 12.5. The number of rotatable bonds is 7. The van der Waals surface area contributed by atoms with Crippen LogP contribution in [0.15, 0.2) is 4.99 Å². The van der Waals surface area contributed by atoms with Crippen LogP contribution in [-0.4, -0.2) is 51.1 Å². The van der Waals surface area contributed by atoms with Gasteiger partial charge < -0.3 is 15.5 Å². The van der Waals surface area contributed by atoms with Crippen molar-refractivity contribution < 1.29 is 0 Å². The second kappa shape index (κ2) is 12.5. The molecule has 1 saturated heterocycles. The molecule has 0 amide bonds. The summed E-state index contributed by atoms with van der Waals surface area (Å²) >= 11 is 0. The minimum atomic E-state index is 0. The summed E-state index contributed by atoms with van der Waals surface area (Å²) in [7, 11) is 4.07. The molecule has 126 valence electrons. The standard InChI is InChI=1S/C16H34N4.HI/c1-14(2)7-5-6-10-18-16(17-3)19-13-15-8-11-20(4)12-9-15;/h14-15H,5-13H2,1-4H3,(H2,17,18,19);1H. The second-order valence-electron chi connectivity index (χ2n) is 6.52. The normalized spacial score (nSPS) is 17.7. The fraction of sp³-hybridized carbons (Fsp3) is 0.938. The molecule has 1 aliphatic rings. The Morgan fingerprint density at radius 2 is 1.86 bits per heavy atom. The Morgan fingerprint density at radius 1 is 1.19 bits per heavy atom. The summed E-state index contributed by atoms with van der Waals surface area (Å²) in [5.74, 6) is 2.58. The van der Waals surface area contributed by atoms with Gasteiger partial charge in [0.05, 0.1) is 0 Å². The van der Waals surface area contributed by atoms with Gasteiger partial charge in [-0.1, -0.05) is 26.7 Å². The van der Waals surface area contributed by atoms with Crippen molar-refractivity contribution in [1.82, 2.24) is 15.5 Å². The first-order valence-corrected chi connectivity index (χ1v) is 8.25. The van der Waals surface area contributed by atoms with Crippen LogP contribution in [0.3, 0.4) is 0 Å². The second-order valence-corrected chi connectivity index (χ2v) is 6.52. The first kappa shape index (κ1) is 21.0. The van der Waals surface area contributed by atoms with Crippen molar-refractivity contribution in [2.24, 2.45) is 16.8 Å². The van der Waals surface area contributed by atoms with Gasteiger partial charge in [0, 0.05) is 20.1 Å². The van der Waals surface area contributed by atoms with E-state index in [0.717, 1.165) is 30.9 Å². The Balaban J connectivity index is 0.00000400. The Hall–Kier alpha value is -0.0400. The predicted octanol–water partition coefficient (Wildman–Crippen LogP) is 2.94. The maximum absolute atomic E-state index is 4.30. The highest BCUT2D eigenvalue weighted by molar-refractivity contribution is 14.0. The lowest BCUT2D eigenvalue weighted by atomic mass is 9.97. The maximum Gasteiger partial charge on any atom is 0.190 e. The van der Waals surface area contributed by atoms with Crippen LogP contribution >= 0.6 is 24.0 Å². The van der Waals surface area contributed by atoms with E-state index in [1.165, 1.54) is 45.2 Å². The SMILES string of the molecule is CN=C(NCCCCC(C)C)NCC1CCN(C)CC1.I. The van der Waals surface area contributed by atoms with Gasteiger partial charge in [-0.3, -0.25) is 4.99 Å². The summed E-state index contributed by atoms with van der Waals surface area (Å²) in [6.07, 6.45) is 6.46. The van der Waals surface area contributed by atoms with E-state index in [0.29, 0.717) is 0 Å². The first-order valence-electron chi connectivity index (χ1n) is 8.25. The number of aliphatic imine (C=N–C) groups is 1. The molecule has 0 radical (unpaired) electrons. The molecule has 0 saturated carbocycles. The van der Waals surface area contributed by atoms with Gasteiger partial charge in [-0.05, 0) is 51.2 Å². The van der Waals surface area contributed by atoms with Gasteiger partial charge in [0.1, 0.15) is 0 Å². The number of nitrogens with zero attached hydrogens (tertiary/aromatic N) is 2. The fourth-order valence-corrected chi connectivity index (χ4v) is 2.61. The van der Waals surface area contributed by atoms with Gasteiger partial charge in [0.2, 0.25) is 0 Å². The van der Waals surface area contributed by atoms with E-state index in [4.69, 9.17) is 0 Å². The summed E-state index contributed by atoms with van der Waals surface area (Å²) in [6, 6.07) is 0. The quantitative estimate of drug-likeness (QED) is 0.294. The van der Waals surface area contributed by atoms with Gasteiger partial charge >= 0.3 is 0 Å². The molecule has 0 bridgehead atoms. The lowest BCUT2D eigenvalue weighted by Gasteiger charge is -2.29. The molecule has 21 heavy (non-hydrogen) atoms. The largest absolute Gasteiger partial charge is 0.356 e. The van der Waals surface area contributed by atoms with Crippen molar-refractivity contribution in [1.29, 1.82) is 0 Å². The minimum absolute atomic E-state index is 0. The van der Waals surface area contributed by atoms with Gasteiger partial charge in [-0.25, -0.2) is 0 Å². The van der Waals surface area contributed by atoms with E-state index >= 15 is 0 Å². The summed E-state index contributed by atoms with van der Waals surface area (Å²) in [4.78, 5) is 6.72. The Bertz CT molecular complexity index is 273. The lowest BCUT2D eigenvalue weighted by molar-refractivity contribution is 0.220. The number of hydrogen-bond acceptors (Lipinski definition) is 2. The van der Waals surface area contributed by atoms with E-state index in [-0.39, 0.29) is 24.0 Å². The van der Waals surface area contributed by atoms with E-state index in [1.807, 2.05) is 7.05 Å². The smallest absolute Gasteiger partial charge is 0.190 e. The zero-order valence-electron chi connectivity index (χ0n) is 14.3. The van der Waals surface area contributed by atoms with Crippen LogP contribution < -0.4 is 10.6 Å². The molecule has 0 atom stereocenters. The molecule has 0 aromatic carbocycles. The minimum Gasteiger partial charge on any atom is -0.356 e. The first-order chi connectivity index (χ1) is 9.61. The number of guanidine groups is 1. The van der Waals surface area contributed by atoms with Crippen molar-refractivity contribution >= 4 is 29.9 Å². The average molecular weight is 410 g/mol. The van der Waals surface area contributed by atoms with Crippen molar-refractivity contribution in [2.75, 3.05) is 40.3 Å². The predicted molar refractivity (Wildman–Crippen MR) is 104 cm³/mol. The molecule has 1 rings (SSSR count). The summed E-state index contributed by atoms with van der Waals surface area (Å²) < 4.78 is 0. The Labute approximate surface area is 148 Å². The number of likely N-dealkylation sites (tertiary alicyclic amines) is 1. The third-order valence-electron chi connectivity index (χ3n) is 4.12. The molecule has 1 heterocycles. The van der Waals surface area contributed by atoms with Crippen LogP contribution in [0.1, 0.15) is 46.0 Å². The number of hydrogen-bond donors (Lipinski definition) is 2. The van der Waals surface area contributed by atoms with E-state index in [1.54, 1.807) is 0 Å². The molecule has 1 aliphatic heterocycles. The molecular formula is C16H35IN4. The molecular weight excluding hydrogens is 375 g/mol. The van der Waals surface area contributed by atoms with Crippen LogP contribution in [0.5, 0.6) is 0 Å². The summed E-state index contributed by atoms with van der Waals surface area (Å²) in [5.41, 5.74) is 0. The molecule has 4 nitrogen and oxygen atoms in total. The molecule has 5 heteroatoms.